The second kappa shape index (κ2) is 5.25. The van der Waals surface area contributed by atoms with E-state index < -0.39 is 0 Å². The van der Waals surface area contributed by atoms with Crippen molar-refractivity contribution in [2.75, 3.05) is 32.7 Å². The first-order chi connectivity index (χ1) is 9.65. The van der Waals surface area contributed by atoms with Crippen LogP contribution in [-0.2, 0) is 0 Å². The average molecular weight is 273 g/mol. The van der Waals surface area contributed by atoms with E-state index in [1.54, 1.807) is 0 Å². The van der Waals surface area contributed by atoms with Crippen LogP contribution in [0.3, 0.4) is 0 Å². The van der Waals surface area contributed by atoms with Gasteiger partial charge in [0.2, 0.25) is 0 Å². The molecule has 5 heteroatoms. The topological polar surface area (TPSA) is 52.7 Å². The van der Waals surface area contributed by atoms with Gasteiger partial charge in [0.1, 0.15) is 0 Å². The standard InChI is InChI=1S/C15H19N3O2/c1-11-4-2-3-5-13(11)14(19)10-17-6-7-18-12(9-17)8-16-15(18)20/h2-5,12H,6-10H2,1H3,(H,16,20). The van der Waals surface area contributed by atoms with E-state index in [2.05, 4.69) is 10.2 Å². The maximum absolute atomic E-state index is 12.4. The monoisotopic (exact) mass is 273 g/mol. The number of carbonyl (C=O) groups is 2. The number of nitrogens with one attached hydrogen (secondary N) is 1. The molecule has 0 saturated carbocycles. The van der Waals surface area contributed by atoms with Crippen molar-refractivity contribution in [3.8, 4) is 0 Å². The number of Topliss-reactive ketones (excluding diaryl/α,β-unsaturated/α-hetero) is 1. The molecule has 0 bridgehead atoms. The summed E-state index contributed by atoms with van der Waals surface area (Å²) in [5.41, 5.74) is 1.82. The second-order valence-electron chi connectivity index (χ2n) is 5.51. The minimum atomic E-state index is 0.0277. The first-order valence-corrected chi connectivity index (χ1v) is 7.01. The fourth-order valence-electron chi connectivity index (χ4n) is 2.99. The summed E-state index contributed by atoms with van der Waals surface area (Å²) in [6.07, 6.45) is 0. The van der Waals surface area contributed by atoms with Crippen LogP contribution in [0.15, 0.2) is 24.3 Å². The molecule has 106 valence electrons. The maximum Gasteiger partial charge on any atom is 0.317 e. The average Bonchev–Trinajstić information content (AvgIpc) is 2.80. The largest absolute Gasteiger partial charge is 0.336 e. The normalized spacial score (nSPS) is 22.6. The van der Waals surface area contributed by atoms with E-state index in [9.17, 15) is 9.59 Å². The highest BCUT2D eigenvalue weighted by molar-refractivity contribution is 5.98. The number of rotatable bonds is 3. The predicted octanol–water partition coefficient (Wildman–Crippen LogP) is 0.887. The summed E-state index contributed by atoms with van der Waals surface area (Å²) < 4.78 is 0. The highest BCUT2D eigenvalue weighted by atomic mass is 16.2. The van der Waals surface area contributed by atoms with Gasteiger partial charge in [-0.25, -0.2) is 4.79 Å². The predicted molar refractivity (Wildman–Crippen MR) is 75.8 cm³/mol. The Bertz CT molecular complexity index is 544. The minimum Gasteiger partial charge on any atom is -0.336 e. The van der Waals surface area contributed by atoms with Gasteiger partial charge in [0.15, 0.2) is 5.78 Å². The van der Waals surface area contributed by atoms with Crippen LogP contribution in [0.2, 0.25) is 0 Å². The van der Waals surface area contributed by atoms with Gasteiger partial charge in [0, 0.05) is 31.7 Å². The van der Waals surface area contributed by atoms with E-state index in [-0.39, 0.29) is 17.9 Å². The van der Waals surface area contributed by atoms with E-state index in [4.69, 9.17) is 0 Å². The molecule has 1 N–H and O–H groups in total. The number of nitrogens with zero attached hydrogens (tertiary/aromatic N) is 2. The third-order valence-electron chi connectivity index (χ3n) is 4.13. The van der Waals surface area contributed by atoms with Crippen LogP contribution in [0.1, 0.15) is 15.9 Å². The van der Waals surface area contributed by atoms with E-state index in [0.717, 1.165) is 24.2 Å². The molecular weight excluding hydrogens is 254 g/mol. The van der Waals surface area contributed by atoms with Crippen molar-refractivity contribution < 1.29 is 9.59 Å². The number of fused-ring (bicyclic) bond motifs is 1. The number of hydrogen-bond donors (Lipinski definition) is 1. The zero-order valence-corrected chi connectivity index (χ0v) is 11.6. The summed E-state index contributed by atoms with van der Waals surface area (Å²) in [5, 5.41) is 2.85. The van der Waals surface area contributed by atoms with E-state index in [1.165, 1.54) is 0 Å². The third-order valence-corrected chi connectivity index (χ3v) is 4.13. The molecule has 5 nitrogen and oxygen atoms in total. The first kappa shape index (κ1) is 13.1. The Morgan fingerprint density at radius 2 is 2.15 bits per heavy atom. The first-order valence-electron chi connectivity index (χ1n) is 7.01. The van der Waals surface area contributed by atoms with Crippen LogP contribution in [0.5, 0.6) is 0 Å². The Morgan fingerprint density at radius 3 is 2.95 bits per heavy atom. The van der Waals surface area contributed by atoms with Crippen molar-refractivity contribution >= 4 is 11.8 Å². The lowest BCUT2D eigenvalue weighted by Crippen LogP contribution is -2.53. The number of amides is 2. The van der Waals surface area contributed by atoms with Crippen LogP contribution in [0.4, 0.5) is 4.79 Å². The smallest absolute Gasteiger partial charge is 0.317 e. The summed E-state index contributed by atoms with van der Waals surface area (Å²) >= 11 is 0. The van der Waals surface area contributed by atoms with E-state index >= 15 is 0 Å². The van der Waals surface area contributed by atoms with E-state index in [1.807, 2.05) is 36.1 Å². The van der Waals surface area contributed by atoms with Gasteiger partial charge < -0.3 is 10.2 Å². The minimum absolute atomic E-state index is 0.0277. The Balaban J connectivity index is 1.63. The van der Waals surface area contributed by atoms with Gasteiger partial charge >= 0.3 is 6.03 Å². The zero-order chi connectivity index (χ0) is 14.1. The van der Waals surface area contributed by atoms with Crippen molar-refractivity contribution in [2.45, 2.75) is 13.0 Å². The summed E-state index contributed by atoms with van der Waals surface area (Å²) in [6.45, 7) is 5.33. The molecule has 2 heterocycles. The van der Waals surface area contributed by atoms with Gasteiger partial charge in [-0.05, 0) is 12.5 Å². The number of hydrogen-bond acceptors (Lipinski definition) is 3. The molecule has 2 amide bonds. The molecular formula is C15H19N3O2. The van der Waals surface area contributed by atoms with E-state index in [0.29, 0.717) is 19.6 Å². The Kier molecular flexibility index (Phi) is 3.44. The molecule has 1 aromatic carbocycles. The Labute approximate surface area is 118 Å². The molecule has 1 atom stereocenters. The van der Waals surface area contributed by atoms with Crippen LogP contribution in [0, 0.1) is 6.92 Å². The summed E-state index contributed by atoms with van der Waals surface area (Å²) in [5.74, 6) is 0.161. The fraction of sp³-hybridized carbons (Fsp3) is 0.467. The number of carbonyl (C=O) groups excluding carboxylic acids is 2. The molecule has 1 aromatic rings. The van der Waals surface area contributed by atoms with Gasteiger partial charge in [-0.15, -0.1) is 0 Å². The summed E-state index contributed by atoms with van der Waals surface area (Å²) in [6, 6.07) is 7.93. The summed E-state index contributed by atoms with van der Waals surface area (Å²) in [7, 11) is 0. The Hall–Kier alpha value is -1.88. The number of ketones is 1. The molecule has 0 aromatic heterocycles. The lowest BCUT2D eigenvalue weighted by molar-refractivity contribution is 0.0837. The number of piperazine rings is 1. The highest BCUT2D eigenvalue weighted by Crippen LogP contribution is 2.15. The summed E-state index contributed by atoms with van der Waals surface area (Å²) in [4.78, 5) is 27.9. The second-order valence-corrected chi connectivity index (χ2v) is 5.51. The Morgan fingerprint density at radius 1 is 1.35 bits per heavy atom. The molecule has 20 heavy (non-hydrogen) atoms. The molecule has 2 fully saturated rings. The molecule has 3 rings (SSSR count). The fourth-order valence-corrected chi connectivity index (χ4v) is 2.99. The van der Waals surface area contributed by atoms with Gasteiger partial charge in [-0.2, -0.15) is 0 Å². The third kappa shape index (κ3) is 2.41. The van der Waals surface area contributed by atoms with Crippen LogP contribution >= 0.6 is 0 Å². The van der Waals surface area contributed by atoms with Crippen LogP contribution < -0.4 is 5.32 Å². The van der Waals surface area contributed by atoms with Crippen molar-refractivity contribution in [1.82, 2.24) is 15.1 Å². The van der Waals surface area contributed by atoms with Gasteiger partial charge in [0.25, 0.3) is 0 Å². The molecule has 0 spiro atoms. The SMILES string of the molecule is Cc1ccccc1C(=O)CN1CCN2C(=O)NCC2C1. The highest BCUT2D eigenvalue weighted by Gasteiger charge is 2.35. The molecule has 0 aliphatic carbocycles. The molecule has 2 saturated heterocycles. The quantitative estimate of drug-likeness (QED) is 0.832. The van der Waals surface area contributed by atoms with Gasteiger partial charge in [0.05, 0.1) is 12.6 Å². The lowest BCUT2D eigenvalue weighted by Gasteiger charge is -2.36. The number of urea groups is 1. The number of benzene rings is 1. The maximum atomic E-state index is 12.4. The van der Waals surface area contributed by atoms with Crippen molar-refractivity contribution in [3.05, 3.63) is 35.4 Å². The van der Waals surface area contributed by atoms with Gasteiger partial charge in [-0.3, -0.25) is 9.69 Å². The van der Waals surface area contributed by atoms with Gasteiger partial charge in [-0.1, -0.05) is 24.3 Å². The molecule has 2 aliphatic rings. The molecule has 1 unspecified atom stereocenters. The number of aryl methyl sites for hydroxylation is 1. The van der Waals surface area contributed by atoms with Crippen LogP contribution in [-0.4, -0.2) is 60.4 Å². The lowest BCUT2D eigenvalue weighted by atomic mass is 10.0. The molecule has 2 aliphatic heterocycles. The van der Waals surface area contributed by atoms with Crippen molar-refractivity contribution in [3.63, 3.8) is 0 Å². The molecule has 0 radical (unpaired) electrons. The van der Waals surface area contributed by atoms with Crippen molar-refractivity contribution in [2.24, 2.45) is 0 Å². The van der Waals surface area contributed by atoms with Crippen molar-refractivity contribution in [1.29, 1.82) is 0 Å². The van der Waals surface area contributed by atoms with Crippen LogP contribution in [0.25, 0.3) is 0 Å². The zero-order valence-electron chi connectivity index (χ0n) is 11.6.